The zero-order valence-electron chi connectivity index (χ0n) is 8.44. The number of oxime groups is 1. The minimum atomic E-state index is 0.657. The number of hydrogen-bond acceptors (Lipinski definition) is 4. The van der Waals surface area contributed by atoms with Gasteiger partial charge in [0.15, 0.2) is 11.5 Å². The Balaban J connectivity index is 3.27. The molecule has 0 aromatic heterocycles. The highest BCUT2D eigenvalue weighted by molar-refractivity contribution is 5.83. The zero-order chi connectivity index (χ0) is 10.6. The molecule has 4 heteroatoms. The van der Waals surface area contributed by atoms with Crippen molar-refractivity contribution in [2.45, 2.75) is 6.92 Å². The van der Waals surface area contributed by atoms with Crippen molar-refractivity contribution >= 4 is 6.21 Å². The van der Waals surface area contributed by atoms with E-state index in [1.165, 1.54) is 6.21 Å². The van der Waals surface area contributed by atoms with E-state index in [9.17, 15) is 0 Å². The lowest BCUT2D eigenvalue weighted by molar-refractivity contribution is 0.321. The van der Waals surface area contributed by atoms with Crippen molar-refractivity contribution < 1.29 is 14.7 Å². The molecule has 4 nitrogen and oxygen atoms in total. The van der Waals surface area contributed by atoms with Gasteiger partial charge in [0.2, 0.25) is 0 Å². The van der Waals surface area contributed by atoms with Crippen molar-refractivity contribution in [1.82, 2.24) is 0 Å². The van der Waals surface area contributed by atoms with Crippen molar-refractivity contribution in [2.75, 3.05) is 14.2 Å². The van der Waals surface area contributed by atoms with E-state index in [-0.39, 0.29) is 0 Å². The Hall–Kier alpha value is -1.71. The first kappa shape index (κ1) is 10.4. The van der Waals surface area contributed by atoms with E-state index >= 15 is 0 Å². The van der Waals surface area contributed by atoms with E-state index in [0.717, 1.165) is 11.1 Å². The van der Waals surface area contributed by atoms with Crippen molar-refractivity contribution in [3.8, 4) is 11.5 Å². The molecular weight excluding hydrogens is 182 g/mol. The Morgan fingerprint density at radius 1 is 1.29 bits per heavy atom. The number of hydrogen-bond donors (Lipinski definition) is 1. The van der Waals surface area contributed by atoms with Gasteiger partial charge in [-0.05, 0) is 19.1 Å². The Morgan fingerprint density at radius 2 is 2.00 bits per heavy atom. The van der Waals surface area contributed by atoms with Crippen LogP contribution in [-0.2, 0) is 0 Å². The molecule has 0 atom stereocenters. The second-order valence-electron chi connectivity index (χ2n) is 2.76. The van der Waals surface area contributed by atoms with Crippen molar-refractivity contribution in [3.05, 3.63) is 23.3 Å². The van der Waals surface area contributed by atoms with Gasteiger partial charge in [-0.15, -0.1) is 0 Å². The van der Waals surface area contributed by atoms with Gasteiger partial charge in [-0.25, -0.2) is 0 Å². The fourth-order valence-corrected chi connectivity index (χ4v) is 1.30. The molecule has 0 spiro atoms. The molecule has 0 bridgehead atoms. The maximum Gasteiger partial charge on any atom is 0.164 e. The normalized spacial score (nSPS) is 10.5. The number of rotatable bonds is 3. The Morgan fingerprint density at radius 3 is 2.50 bits per heavy atom. The van der Waals surface area contributed by atoms with Crippen LogP contribution in [0.2, 0.25) is 0 Å². The van der Waals surface area contributed by atoms with Crippen LogP contribution in [0, 0.1) is 6.92 Å². The van der Waals surface area contributed by atoms with Crippen LogP contribution in [0.15, 0.2) is 17.3 Å². The van der Waals surface area contributed by atoms with E-state index in [1.807, 2.05) is 6.92 Å². The smallest absolute Gasteiger partial charge is 0.164 e. The van der Waals surface area contributed by atoms with Crippen LogP contribution in [-0.4, -0.2) is 25.6 Å². The van der Waals surface area contributed by atoms with Gasteiger partial charge in [-0.3, -0.25) is 0 Å². The second kappa shape index (κ2) is 4.50. The summed E-state index contributed by atoms with van der Waals surface area (Å²) in [4.78, 5) is 0. The average molecular weight is 195 g/mol. The molecule has 0 amide bonds. The summed E-state index contributed by atoms with van der Waals surface area (Å²) in [7, 11) is 3.15. The summed E-state index contributed by atoms with van der Waals surface area (Å²) in [6.07, 6.45) is 1.36. The van der Waals surface area contributed by atoms with Crippen LogP contribution < -0.4 is 9.47 Å². The predicted octanol–water partition coefficient (Wildman–Crippen LogP) is 1.82. The third kappa shape index (κ3) is 1.79. The minimum absolute atomic E-state index is 0.657. The van der Waals surface area contributed by atoms with Crippen LogP contribution in [0.1, 0.15) is 11.1 Å². The molecule has 0 radical (unpaired) electrons. The molecule has 0 aliphatic rings. The standard InChI is InChI=1S/C10H13NO3/c1-7-8(6-11-12)4-5-9(13-2)10(7)14-3/h4-6,12H,1-3H3. The molecule has 0 fully saturated rings. The maximum atomic E-state index is 8.43. The quantitative estimate of drug-likeness (QED) is 0.454. The van der Waals surface area contributed by atoms with Crippen LogP contribution in [0.5, 0.6) is 11.5 Å². The molecule has 1 N–H and O–H groups in total. The summed E-state index contributed by atoms with van der Waals surface area (Å²) < 4.78 is 10.3. The molecule has 0 aliphatic heterocycles. The SMILES string of the molecule is COc1ccc(C=NO)c(C)c1OC. The molecule has 1 rings (SSSR count). The highest BCUT2D eigenvalue weighted by Gasteiger charge is 2.09. The van der Waals surface area contributed by atoms with Gasteiger partial charge >= 0.3 is 0 Å². The molecule has 0 aliphatic carbocycles. The van der Waals surface area contributed by atoms with Gasteiger partial charge < -0.3 is 14.7 Å². The van der Waals surface area contributed by atoms with Crippen molar-refractivity contribution in [2.24, 2.45) is 5.16 Å². The first-order valence-corrected chi connectivity index (χ1v) is 4.13. The first-order chi connectivity index (χ1) is 6.74. The minimum Gasteiger partial charge on any atom is -0.493 e. The molecule has 0 saturated heterocycles. The van der Waals surface area contributed by atoms with Gasteiger partial charge in [-0.1, -0.05) is 5.16 Å². The lowest BCUT2D eigenvalue weighted by Gasteiger charge is -2.11. The van der Waals surface area contributed by atoms with Gasteiger partial charge in [-0.2, -0.15) is 0 Å². The lowest BCUT2D eigenvalue weighted by atomic mass is 10.1. The average Bonchev–Trinajstić information content (AvgIpc) is 2.21. The number of nitrogens with zero attached hydrogens (tertiary/aromatic N) is 1. The number of methoxy groups -OCH3 is 2. The summed E-state index contributed by atoms with van der Waals surface area (Å²) in [5.41, 5.74) is 1.68. The summed E-state index contributed by atoms with van der Waals surface area (Å²) >= 11 is 0. The third-order valence-corrected chi connectivity index (χ3v) is 2.03. The van der Waals surface area contributed by atoms with Crippen LogP contribution in [0.25, 0.3) is 0 Å². The highest BCUT2D eigenvalue weighted by Crippen LogP contribution is 2.31. The Labute approximate surface area is 82.8 Å². The fraction of sp³-hybridized carbons (Fsp3) is 0.300. The van der Waals surface area contributed by atoms with Gasteiger partial charge in [0.1, 0.15) is 0 Å². The molecule has 0 saturated carbocycles. The number of ether oxygens (including phenoxy) is 2. The molecule has 76 valence electrons. The largest absolute Gasteiger partial charge is 0.493 e. The molecule has 0 heterocycles. The topological polar surface area (TPSA) is 51.0 Å². The Kier molecular flexibility index (Phi) is 3.34. The van der Waals surface area contributed by atoms with Crippen LogP contribution in [0.4, 0.5) is 0 Å². The third-order valence-electron chi connectivity index (χ3n) is 2.03. The Bertz CT molecular complexity index is 347. The van der Waals surface area contributed by atoms with Gasteiger partial charge in [0, 0.05) is 11.1 Å². The highest BCUT2D eigenvalue weighted by atomic mass is 16.5. The van der Waals surface area contributed by atoms with Crippen molar-refractivity contribution in [1.29, 1.82) is 0 Å². The first-order valence-electron chi connectivity index (χ1n) is 4.13. The van der Waals surface area contributed by atoms with E-state index in [2.05, 4.69) is 5.16 Å². The van der Waals surface area contributed by atoms with Crippen LogP contribution in [0.3, 0.4) is 0 Å². The van der Waals surface area contributed by atoms with Gasteiger partial charge in [0.25, 0.3) is 0 Å². The maximum absolute atomic E-state index is 8.43. The van der Waals surface area contributed by atoms with E-state index < -0.39 is 0 Å². The second-order valence-corrected chi connectivity index (χ2v) is 2.76. The molecule has 0 unspecified atom stereocenters. The zero-order valence-corrected chi connectivity index (χ0v) is 8.44. The van der Waals surface area contributed by atoms with Crippen molar-refractivity contribution in [3.63, 3.8) is 0 Å². The summed E-state index contributed by atoms with van der Waals surface area (Å²) in [5, 5.41) is 11.4. The lowest BCUT2D eigenvalue weighted by Crippen LogP contribution is -1.96. The summed E-state index contributed by atoms with van der Waals surface area (Å²) in [6, 6.07) is 3.57. The van der Waals surface area contributed by atoms with E-state index in [4.69, 9.17) is 14.7 Å². The fourth-order valence-electron chi connectivity index (χ4n) is 1.30. The monoisotopic (exact) mass is 195 g/mol. The molecule has 1 aromatic rings. The predicted molar refractivity (Wildman–Crippen MR) is 53.7 cm³/mol. The molecule has 14 heavy (non-hydrogen) atoms. The molecular formula is C10H13NO3. The van der Waals surface area contributed by atoms with E-state index in [1.54, 1.807) is 26.4 Å². The molecule has 1 aromatic carbocycles. The summed E-state index contributed by atoms with van der Waals surface area (Å²) in [5.74, 6) is 1.32. The van der Waals surface area contributed by atoms with Crippen LogP contribution >= 0.6 is 0 Å². The number of benzene rings is 1. The summed E-state index contributed by atoms with van der Waals surface area (Å²) in [6.45, 7) is 1.87. The van der Waals surface area contributed by atoms with E-state index in [0.29, 0.717) is 11.5 Å². The van der Waals surface area contributed by atoms with Gasteiger partial charge in [0.05, 0.1) is 20.4 Å².